The van der Waals surface area contributed by atoms with E-state index in [-0.39, 0.29) is 17.7 Å². The Kier molecular flexibility index (Phi) is 4.08. The molecule has 9 heteroatoms. The molecule has 0 bridgehead atoms. The van der Waals surface area contributed by atoms with Gasteiger partial charge >= 0.3 is 5.51 Å². The summed E-state index contributed by atoms with van der Waals surface area (Å²) in [5.74, 6) is 0.119. The molecule has 5 nitrogen and oxygen atoms in total. The van der Waals surface area contributed by atoms with Gasteiger partial charge in [0.15, 0.2) is 0 Å². The second-order valence-electron chi connectivity index (χ2n) is 6.75. The van der Waals surface area contributed by atoms with Crippen LogP contribution in [0.1, 0.15) is 31.4 Å². The second kappa shape index (κ2) is 5.68. The zero-order valence-electron chi connectivity index (χ0n) is 13.9. The van der Waals surface area contributed by atoms with Crippen LogP contribution in [0.5, 0.6) is 5.75 Å². The number of halogens is 3. The Labute approximate surface area is 148 Å². The fourth-order valence-corrected chi connectivity index (χ4v) is 3.92. The minimum absolute atomic E-state index is 0.00815. The van der Waals surface area contributed by atoms with Crippen molar-refractivity contribution in [2.24, 2.45) is 0 Å². The number of alkyl halides is 3. The zero-order chi connectivity index (χ0) is 19.4. The molecule has 2 aromatic rings. The number of aliphatic hydroxyl groups is 1. The fourth-order valence-electron chi connectivity index (χ4n) is 3.13. The zero-order valence-corrected chi connectivity index (χ0v) is 14.7. The van der Waals surface area contributed by atoms with Gasteiger partial charge in [0.1, 0.15) is 17.0 Å². The Morgan fingerprint density at radius 2 is 1.92 bits per heavy atom. The molecule has 0 fully saturated rings. The molecule has 0 amide bonds. The maximum Gasteiger partial charge on any atom is 0.501 e. The number of hydrogen-bond acceptors (Lipinski definition) is 5. The van der Waals surface area contributed by atoms with E-state index >= 15 is 0 Å². The maximum absolute atomic E-state index is 12.9. The molecule has 3 rings (SSSR count). The quantitative estimate of drug-likeness (QED) is 0.857. The van der Waals surface area contributed by atoms with Crippen LogP contribution in [0.15, 0.2) is 47.6 Å². The van der Waals surface area contributed by atoms with Crippen LogP contribution in [-0.2, 0) is 15.4 Å². The average molecular weight is 387 g/mol. The lowest BCUT2D eigenvalue weighted by atomic mass is 9.76. The van der Waals surface area contributed by atoms with Crippen molar-refractivity contribution >= 4 is 9.84 Å². The number of rotatable bonds is 2. The van der Waals surface area contributed by atoms with E-state index in [9.17, 15) is 26.7 Å². The van der Waals surface area contributed by atoms with Gasteiger partial charge in [0.2, 0.25) is 0 Å². The fraction of sp³-hybridized carbons (Fsp3) is 0.353. The Morgan fingerprint density at radius 3 is 2.50 bits per heavy atom. The molecule has 26 heavy (non-hydrogen) atoms. The van der Waals surface area contributed by atoms with Crippen LogP contribution >= 0.6 is 0 Å². The van der Waals surface area contributed by atoms with E-state index in [4.69, 9.17) is 4.74 Å². The summed E-state index contributed by atoms with van der Waals surface area (Å²) in [4.78, 5) is 2.99. The number of fused-ring (bicyclic) bond motifs is 1. The lowest BCUT2D eigenvalue weighted by molar-refractivity contribution is -0.0444. The third kappa shape index (κ3) is 2.95. The third-order valence-electron chi connectivity index (χ3n) is 4.22. The smallest absolute Gasteiger partial charge is 0.487 e. The monoisotopic (exact) mass is 387 g/mol. The van der Waals surface area contributed by atoms with Gasteiger partial charge in [-0.3, -0.25) is 4.98 Å². The summed E-state index contributed by atoms with van der Waals surface area (Å²) in [6, 6.07) is 5.93. The highest BCUT2D eigenvalue weighted by Crippen LogP contribution is 2.48. The van der Waals surface area contributed by atoms with E-state index in [2.05, 4.69) is 4.98 Å². The summed E-state index contributed by atoms with van der Waals surface area (Å²) in [5, 5.41) is 11.3. The molecule has 2 heterocycles. The van der Waals surface area contributed by atoms with Crippen molar-refractivity contribution in [1.82, 2.24) is 4.98 Å². The molecule has 0 radical (unpaired) electrons. The van der Waals surface area contributed by atoms with Gasteiger partial charge in [-0.25, -0.2) is 8.42 Å². The van der Waals surface area contributed by atoms with Crippen molar-refractivity contribution in [3.63, 3.8) is 0 Å². The van der Waals surface area contributed by atoms with Crippen LogP contribution in [0.2, 0.25) is 0 Å². The van der Waals surface area contributed by atoms with E-state index in [1.54, 1.807) is 26.0 Å². The molecule has 1 N–H and O–H groups in total. The first-order valence-electron chi connectivity index (χ1n) is 7.65. The SMILES string of the molecule is CC1(C)CC(O)(c2cccnc2)c2cc(S(=O)(=O)C(F)(F)F)ccc2O1. The number of hydrogen-bond donors (Lipinski definition) is 1. The molecule has 1 atom stereocenters. The van der Waals surface area contributed by atoms with Crippen LogP contribution in [0.25, 0.3) is 0 Å². The number of ether oxygens (including phenoxy) is 1. The number of pyridine rings is 1. The van der Waals surface area contributed by atoms with E-state index < -0.39 is 31.4 Å². The molecule has 1 unspecified atom stereocenters. The molecule has 1 aromatic carbocycles. The van der Waals surface area contributed by atoms with E-state index in [1.807, 2.05) is 0 Å². The highest BCUT2D eigenvalue weighted by molar-refractivity contribution is 7.92. The van der Waals surface area contributed by atoms with Crippen molar-refractivity contribution in [2.75, 3.05) is 0 Å². The first-order valence-corrected chi connectivity index (χ1v) is 9.13. The molecule has 0 spiro atoms. The van der Waals surface area contributed by atoms with Crippen molar-refractivity contribution in [2.45, 2.75) is 41.9 Å². The normalized spacial score (nSPS) is 22.4. The van der Waals surface area contributed by atoms with E-state index in [0.717, 1.165) is 18.2 Å². The van der Waals surface area contributed by atoms with Crippen LogP contribution in [-0.4, -0.2) is 29.6 Å². The summed E-state index contributed by atoms with van der Waals surface area (Å²) >= 11 is 0. The van der Waals surface area contributed by atoms with Gasteiger partial charge in [0.05, 0.1) is 4.90 Å². The van der Waals surface area contributed by atoms with E-state index in [0.29, 0.717) is 5.56 Å². The van der Waals surface area contributed by atoms with Gasteiger partial charge in [-0.05, 0) is 38.1 Å². The Morgan fingerprint density at radius 1 is 1.23 bits per heavy atom. The predicted molar refractivity (Wildman–Crippen MR) is 86.2 cm³/mol. The molecule has 1 aliphatic rings. The van der Waals surface area contributed by atoms with E-state index in [1.165, 1.54) is 12.4 Å². The number of nitrogens with zero attached hydrogens (tertiary/aromatic N) is 1. The Balaban J connectivity index is 2.25. The third-order valence-corrected chi connectivity index (χ3v) is 5.70. The number of aromatic nitrogens is 1. The molecule has 0 saturated carbocycles. The average Bonchev–Trinajstić information content (AvgIpc) is 2.53. The van der Waals surface area contributed by atoms with Crippen molar-refractivity contribution in [1.29, 1.82) is 0 Å². The lowest BCUT2D eigenvalue weighted by Crippen LogP contribution is -2.45. The molecule has 140 valence electrons. The minimum Gasteiger partial charge on any atom is -0.487 e. The van der Waals surface area contributed by atoms with Crippen LogP contribution < -0.4 is 4.74 Å². The minimum atomic E-state index is -5.55. The summed E-state index contributed by atoms with van der Waals surface area (Å²) in [6.45, 7) is 3.44. The molecular weight excluding hydrogens is 371 g/mol. The number of benzene rings is 1. The molecular formula is C17H16F3NO4S. The highest BCUT2D eigenvalue weighted by Gasteiger charge is 2.50. The highest BCUT2D eigenvalue weighted by atomic mass is 32.2. The molecule has 1 aliphatic heterocycles. The number of sulfone groups is 1. The first kappa shape index (κ1) is 18.7. The van der Waals surface area contributed by atoms with Crippen molar-refractivity contribution < 1.29 is 31.4 Å². The lowest BCUT2D eigenvalue weighted by Gasteiger charge is -2.43. The van der Waals surface area contributed by atoms with Gasteiger partial charge in [0, 0.05) is 29.9 Å². The van der Waals surface area contributed by atoms with Crippen LogP contribution in [0.4, 0.5) is 13.2 Å². The second-order valence-corrected chi connectivity index (χ2v) is 8.69. The van der Waals surface area contributed by atoms with Crippen LogP contribution in [0.3, 0.4) is 0 Å². The standard InChI is InChI=1S/C17H16F3NO4S/c1-15(2)10-16(22,11-4-3-7-21-9-11)13-8-12(5-6-14(13)25-15)26(23,24)17(18,19)20/h3-9,22H,10H2,1-2H3. The summed E-state index contributed by atoms with van der Waals surface area (Å²) in [6.07, 6.45) is 2.88. The summed E-state index contributed by atoms with van der Waals surface area (Å²) in [7, 11) is -5.55. The van der Waals surface area contributed by atoms with Gasteiger partial charge in [-0.1, -0.05) is 6.07 Å². The van der Waals surface area contributed by atoms with Gasteiger partial charge in [-0.15, -0.1) is 0 Å². The van der Waals surface area contributed by atoms with Crippen LogP contribution in [0, 0.1) is 0 Å². The largest absolute Gasteiger partial charge is 0.501 e. The molecule has 1 aromatic heterocycles. The van der Waals surface area contributed by atoms with Gasteiger partial charge in [-0.2, -0.15) is 13.2 Å². The van der Waals surface area contributed by atoms with Gasteiger partial charge < -0.3 is 9.84 Å². The maximum atomic E-state index is 12.9. The van der Waals surface area contributed by atoms with Gasteiger partial charge in [0.25, 0.3) is 9.84 Å². The van der Waals surface area contributed by atoms with Crippen molar-refractivity contribution in [3.8, 4) is 5.75 Å². The predicted octanol–water partition coefficient (Wildman–Crippen LogP) is 3.17. The van der Waals surface area contributed by atoms with Crippen molar-refractivity contribution in [3.05, 3.63) is 53.9 Å². The topological polar surface area (TPSA) is 76.5 Å². The molecule has 0 saturated heterocycles. The summed E-state index contributed by atoms with van der Waals surface area (Å²) in [5.41, 5.74) is -7.73. The summed E-state index contributed by atoms with van der Waals surface area (Å²) < 4.78 is 67.9. The Hall–Kier alpha value is -2.13. The Bertz CT molecular complexity index is 942. The molecule has 0 aliphatic carbocycles. The first-order chi connectivity index (χ1) is 11.9.